The zero-order valence-electron chi connectivity index (χ0n) is 15.9. The second kappa shape index (κ2) is 8.27. The van der Waals surface area contributed by atoms with Crippen molar-refractivity contribution < 1.29 is 22.7 Å². The molecule has 12 heteroatoms. The van der Waals surface area contributed by atoms with Crippen LogP contribution < -0.4 is 0 Å². The van der Waals surface area contributed by atoms with Gasteiger partial charge in [-0.3, -0.25) is 0 Å². The highest BCUT2D eigenvalue weighted by Gasteiger charge is 2.50. The van der Waals surface area contributed by atoms with Gasteiger partial charge in [0.1, 0.15) is 5.82 Å². The third kappa shape index (κ3) is 4.06. The van der Waals surface area contributed by atoms with Crippen LogP contribution in [0.2, 0.25) is 0 Å². The fourth-order valence-corrected chi connectivity index (χ4v) is 4.97. The molecular formula is C18H18FN5O5S. The molecule has 10 nitrogen and oxygen atoms in total. The minimum absolute atomic E-state index is 0.0530. The SMILES string of the molecule is Cc1ccc(S(=O)(=O)N2CC[C@@](O[N+](=O)[O-])(c3ccc(F)cc3)[C@@H](N=[N+]=[N-])C2)cc1. The van der Waals surface area contributed by atoms with Crippen molar-refractivity contribution in [3.8, 4) is 0 Å². The Bertz CT molecular complexity index is 1090. The van der Waals surface area contributed by atoms with Crippen LogP contribution in [0.3, 0.4) is 0 Å². The monoisotopic (exact) mass is 435 g/mol. The summed E-state index contributed by atoms with van der Waals surface area (Å²) in [4.78, 5) is 19.0. The smallest absolute Gasteiger partial charge is 0.295 e. The molecule has 0 aromatic heterocycles. The lowest BCUT2D eigenvalue weighted by Gasteiger charge is -2.43. The van der Waals surface area contributed by atoms with Gasteiger partial charge in [0.25, 0.3) is 5.09 Å². The van der Waals surface area contributed by atoms with Gasteiger partial charge in [0.15, 0.2) is 5.60 Å². The number of benzene rings is 2. The summed E-state index contributed by atoms with van der Waals surface area (Å²) in [5, 5.41) is 13.8. The van der Waals surface area contributed by atoms with E-state index in [2.05, 4.69) is 10.0 Å². The molecule has 2 atom stereocenters. The number of aryl methyl sites for hydroxylation is 1. The molecule has 1 aliphatic rings. The van der Waals surface area contributed by atoms with E-state index < -0.39 is 32.6 Å². The first kappa shape index (κ1) is 21.5. The molecule has 1 fully saturated rings. The fourth-order valence-electron chi connectivity index (χ4n) is 3.52. The van der Waals surface area contributed by atoms with Crippen LogP contribution in [0.5, 0.6) is 0 Å². The van der Waals surface area contributed by atoms with E-state index in [-0.39, 0.29) is 30.0 Å². The maximum atomic E-state index is 13.4. The van der Waals surface area contributed by atoms with E-state index in [4.69, 9.17) is 10.4 Å². The number of piperidine rings is 1. The van der Waals surface area contributed by atoms with Gasteiger partial charge in [0.2, 0.25) is 10.0 Å². The van der Waals surface area contributed by atoms with E-state index in [1.54, 1.807) is 12.1 Å². The van der Waals surface area contributed by atoms with Gasteiger partial charge in [-0.05, 0) is 48.7 Å². The molecule has 0 N–H and O–H groups in total. The van der Waals surface area contributed by atoms with E-state index in [0.717, 1.165) is 22.0 Å². The first-order valence-corrected chi connectivity index (χ1v) is 10.3. The summed E-state index contributed by atoms with van der Waals surface area (Å²) in [6.07, 6.45) is -0.172. The van der Waals surface area contributed by atoms with E-state index in [0.29, 0.717) is 0 Å². The second-order valence-corrected chi connectivity index (χ2v) is 8.80. The lowest BCUT2D eigenvalue weighted by molar-refractivity contribution is -0.786. The highest BCUT2D eigenvalue weighted by molar-refractivity contribution is 7.89. The first-order chi connectivity index (χ1) is 14.2. The summed E-state index contributed by atoms with van der Waals surface area (Å²) in [6, 6.07) is 9.76. The molecule has 0 spiro atoms. The molecule has 3 rings (SSSR count). The lowest BCUT2D eigenvalue weighted by Crippen LogP contribution is -2.56. The number of hydrogen-bond donors (Lipinski definition) is 0. The third-order valence-corrected chi connectivity index (χ3v) is 6.95. The van der Waals surface area contributed by atoms with E-state index in [1.165, 1.54) is 24.3 Å². The molecule has 0 radical (unpaired) electrons. The summed E-state index contributed by atoms with van der Waals surface area (Å²) in [7, 11) is -3.93. The van der Waals surface area contributed by atoms with Crippen LogP contribution in [0.1, 0.15) is 17.5 Å². The normalized spacial score (nSPS) is 22.1. The Labute approximate surface area is 171 Å². The number of hydrogen-bond acceptors (Lipinski definition) is 6. The molecule has 0 unspecified atom stereocenters. The van der Waals surface area contributed by atoms with Crippen molar-refractivity contribution in [1.82, 2.24) is 4.31 Å². The lowest BCUT2D eigenvalue weighted by atomic mass is 9.81. The fraction of sp³-hybridized carbons (Fsp3) is 0.333. The quantitative estimate of drug-likeness (QED) is 0.225. The Morgan fingerprint density at radius 3 is 2.47 bits per heavy atom. The molecule has 1 aliphatic heterocycles. The highest BCUT2D eigenvalue weighted by atomic mass is 32.2. The molecule has 2 aromatic carbocycles. The molecule has 0 amide bonds. The Hall–Kier alpha value is -3.21. The Balaban J connectivity index is 2.02. The van der Waals surface area contributed by atoms with Gasteiger partial charge in [-0.1, -0.05) is 34.9 Å². The predicted molar refractivity (Wildman–Crippen MR) is 104 cm³/mol. The molecular weight excluding hydrogens is 417 g/mol. The van der Waals surface area contributed by atoms with Crippen LogP contribution in [0.4, 0.5) is 4.39 Å². The van der Waals surface area contributed by atoms with Crippen molar-refractivity contribution in [2.45, 2.75) is 29.9 Å². The average Bonchev–Trinajstić information content (AvgIpc) is 2.70. The van der Waals surface area contributed by atoms with Gasteiger partial charge >= 0.3 is 0 Å². The van der Waals surface area contributed by atoms with Gasteiger partial charge in [-0.15, -0.1) is 10.1 Å². The van der Waals surface area contributed by atoms with Crippen LogP contribution in [0.15, 0.2) is 58.5 Å². The average molecular weight is 435 g/mol. The topological polar surface area (TPSA) is 139 Å². The number of sulfonamides is 1. The minimum Gasteiger partial charge on any atom is -0.302 e. The number of halogens is 1. The van der Waals surface area contributed by atoms with Crippen LogP contribution in [0, 0.1) is 22.9 Å². The maximum absolute atomic E-state index is 13.4. The predicted octanol–water partition coefficient (Wildman–Crippen LogP) is 3.31. The number of rotatable bonds is 6. The van der Waals surface area contributed by atoms with Crippen molar-refractivity contribution in [3.63, 3.8) is 0 Å². The van der Waals surface area contributed by atoms with Crippen molar-refractivity contribution in [2.24, 2.45) is 5.11 Å². The van der Waals surface area contributed by atoms with Gasteiger partial charge in [-0.2, -0.15) is 4.31 Å². The van der Waals surface area contributed by atoms with Gasteiger partial charge in [0, 0.05) is 18.0 Å². The third-order valence-electron chi connectivity index (χ3n) is 5.07. The summed E-state index contributed by atoms with van der Waals surface area (Å²) >= 11 is 0. The van der Waals surface area contributed by atoms with E-state index >= 15 is 0 Å². The number of nitrogens with zero attached hydrogens (tertiary/aromatic N) is 5. The van der Waals surface area contributed by atoms with Crippen LogP contribution in [-0.4, -0.2) is 36.9 Å². The van der Waals surface area contributed by atoms with Gasteiger partial charge in [-0.25, -0.2) is 12.8 Å². The maximum Gasteiger partial charge on any atom is 0.295 e. The first-order valence-electron chi connectivity index (χ1n) is 8.89. The molecule has 0 saturated carbocycles. The summed E-state index contributed by atoms with van der Waals surface area (Å²) in [5.41, 5.74) is 8.37. The Kier molecular flexibility index (Phi) is 5.92. The number of azide groups is 1. The zero-order valence-corrected chi connectivity index (χ0v) is 16.7. The standard InChI is InChI=1S/C18H18FN5O5S/c1-13-2-8-16(9-3-13)30(27,28)23-11-10-18(29-24(25)26,17(12-23)21-22-20)14-4-6-15(19)7-5-14/h2-9,17H,10-12H2,1H3/t17-,18+/m0/s1. The van der Waals surface area contributed by atoms with Crippen LogP contribution in [-0.2, 0) is 20.5 Å². The van der Waals surface area contributed by atoms with Gasteiger partial charge < -0.3 is 4.84 Å². The highest BCUT2D eigenvalue weighted by Crippen LogP contribution is 2.40. The molecule has 0 aliphatic carbocycles. The molecule has 30 heavy (non-hydrogen) atoms. The molecule has 1 saturated heterocycles. The van der Waals surface area contributed by atoms with Crippen LogP contribution in [0.25, 0.3) is 10.4 Å². The largest absolute Gasteiger partial charge is 0.302 e. The van der Waals surface area contributed by atoms with Gasteiger partial charge in [0.05, 0.1) is 10.9 Å². The van der Waals surface area contributed by atoms with E-state index in [9.17, 15) is 22.9 Å². The van der Waals surface area contributed by atoms with Crippen molar-refractivity contribution in [1.29, 1.82) is 0 Å². The minimum atomic E-state index is -3.93. The molecule has 1 heterocycles. The van der Waals surface area contributed by atoms with Crippen LogP contribution >= 0.6 is 0 Å². The Morgan fingerprint density at radius 1 is 1.27 bits per heavy atom. The summed E-state index contributed by atoms with van der Waals surface area (Å²) < 4.78 is 40.5. The van der Waals surface area contributed by atoms with Crippen molar-refractivity contribution in [2.75, 3.05) is 13.1 Å². The van der Waals surface area contributed by atoms with E-state index in [1.807, 2.05) is 6.92 Å². The summed E-state index contributed by atoms with van der Waals surface area (Å²) in [5.74, 6) is -0.560. The summed E-state index contributed by atoms with van der Waals surface area (Å²) in [6.45, 7) is 1.35. The van der Waals surface area contributed by atoms with Crippen molar-refractivity contribution in [3.05, 3.63) is 86.0 Å². The molecule has 2 aromatic rings. The molecule has 0 bridgehead atoms. The zero-order chi connectivity index (χ0) is 21.9. The molecule has 158 valence electrons. The van der Waals surface area contributed by atoms with Crippen molar-refractivity contribution >= 4 is 10.0 Å². The second-order valence-electron chi connectivity index (χ2n) is 6.86. The Morgan fingerprint density at radius 2 is 1.90 bits per heavy atom.